The number of rotatable bonds is 5. The van der Waals surface area contributed by atoms with E-state index < -0.39 is 35.5 Å². The van der Waals surface area contributed by atoms with Crippen molar-refractivity contribution in [3.05, 3.63) is 41.2 Å². The van der Waals surface area contributed by atoms with Crippen LogP contribution in [0.5, 0.6) is 0 Å². The summed E-state index contributed by atoms with van der Waals surface area (Å²) in [7, 11) is 0. The van der Waals surface area contributed by atoms with Gasteiger partial charge in [0.05, 0.1) is 12.0 Å². The largest absolute Gasteiger partial charge is 0.381 e. The van der Waals surface area contributed by atoms with Crippen molar-refractivity contribution < 1.29 is 18.4 Å². The lowest BCUT2D eigenvalue weighted by molar-refractivity contribution is -0.140. The number of nitrogens with two attached hydrogens (primary N) is 2. The van der Waals surface area contributed by atoms with Crippen molar-refractivity contribution in [3.8, 4) is 0 Å². The van der Waals surface area contributed by atoms with Gasteiger partial charge >= 0.3 is 0 Å². The van der Waals surface area contributed by atoms with E-state index in [1.807, 2.05) is 0 Å². The van der Waals surface area contributed by atoms with E-state index in [1.54, 1.807) is 9.80 Å². The van der Waals surface area contributed by atoms with E-state index in [2.05, 4.69) is 15.3 Å². The summed E-state index contributed by atoms with van der Waals surface area (Å²) in [6.45, 7) is 0.895. The number of hydrogen-bond acceptors (Lipinski definition) is 7. The highest BCUT2D eigenvalue weighted by Crippen LogP contribution is 2.31. The number of anilines is 3. The highest BCUT2D eigenvalue weighted by atomic mass is 35.5. The topological polar surface area (TPSA) is 130 Å². The van der Waals surface area contributed by atoms with Crippen LogP contribution in [-0.2, 0) is 9.59 Å². The Hall–Kier alpha value is -3.21. The van der Waals surface area contributed by atoms with Crippen LogP contribution >= 0.6 is 11.6 Å². The van der Waals surface area contributed by atoms with Gasteiger partial charge in [-0.2, -0.15) is 4.39 Å². The van der Waals surface area contributed by atoms with Crippen LogP contribution in [0.4, 0.5) is 26.1 Å². The van der Waals surface area contributed by atoms with E-state index in [9.17, 15) is 18.4 Å². The third-order valence-corrected chi connectivity index (χ3v) is 6.34. The molecule has 2 amide bonds. The number of nitrogens with one attached hydrogen (secondary N) is 1. The van der Waals surface area contributed by atoms with Gasteiger partial charge in [-0.25, -0.2) is 14.4 Å². The molecule has 0 spiro atoms. The number of carbonyl (C=O) groups excluding carboxylic acids is 2. The molecule has 0 aliphatic carbocycles. The molecule has 2 fully saturated rings. The maximum atomic E-state index is 14.5. The summed E-state index contributed by atoms with van der Waals surface area (Å²) in [5.74, 6) is -2.90. The second-order valence-electron chi connectivity index (χ2n) is 8.24. The Balaban J connectivity index is 1.57. The zero-order chi connectivity index (χ0) is 23.7. The zero-order valence-electron chi connectivity index (χ0n) is 17.7. The molecule has 2 aliphatic heterocycles. The summed E-state index contributed by atoms with van der Waals surface area (Å²) in [4.78, 5) is 36.5. The van der Waals surface area contributed by atoms with Crippen LogP contribution in [0, 0.1) is 17.6 Å². The van der Waals surface area contributed by atoms with Crippen molar-refractivity contribution in [2.24, 2.45) is 11.7 Å². The maximum absolute atomic E-state index is 14.5. The SMILES string of the molecule is NC(=O)C1CCN(c2ncnc(N)c2F)CC1N1CCCC(Nc2cc(F)cc(Cl)c2)C1=O. The van der Waals surface area contributed by atoms with Crippen molar-refractivity contribution in [1.82, 2.24) is 14.9 Å². The summed E-state index contributed by atoms with van der Waals surface area (Å²) >= 11 is 5.92. The number of aromatic nitrogens is 2. The molecule has 3 atom stereocenters. The van der Waals surface area contributed by atoms with Gasteiger partial charge in [0, 0.05) is 30.3 Å². The highest BCUT2D eigenvalue weighted by molar-refractivity contribution is 6.30. The predicted octanol–water partition coefficient (Wildman–Crippen LogP) is 1.77. The number of benzene rings is 1. The predicted molar refractivity (Wildman–Crippen MR) is 119 cm³/mol. The normalized spacial score (nSPS) is 23.5. The van der Waals surface area contributed by atoms with Crippen molar-refractivity contribution in [2.45, 2.75) is 31.3 Å². The molecular weight excluding hydrogens is 456 g/mol. The molecule has 0 bridgehead atoms. The number of primary amides is 1. The molecule has 9 nitrogen and oxygen atoms in total. The number of hydrogen-bond donors (Lipinski definition) is 3. The molecule has 176 valence electrons. The quantitative estimate of drug-likeness (QED) is 0.595. The Morgan fingerprint density at radius 3 is 2.70 bits per heavy atom. The first-order valence-electron chi connectivity index (χ1n) is 10.6. The third kappa shape index (κ3) is 4.77. The molecule has 1 aromatic carbocycles. The van der Waals surface area contributed by atoms with Gasteiger partial charge in [-0.05, 0) is 37.5 Å². The molecule has 0 saturated carbocycles. The first-order chi connectivity index (χ1) is 15.7. The fourth-order valence-electron chi connectivity index (χ4n) is 4.57. The molecular formula is C21H24ClF2N7O2. The van der Waals surface area contributed by atoms with Crippen LogP contribution in [-0.4, -0.2) is 58.4 Å². The molecule has 2 aliphatic rings. The summed E-state index contributed by atoms with van der Waals surface area (Å²) in [5.41, 5.74) is 11.6. The lowest BCUT2D eigenvalue weighted by Crippen LogP contribution is -2.61. The van der Waals surface area contributed by atoms with Crippen LogP contribution in [0.2, 0.25) is 5.02 Å². The molecule has 2 saturated heterocycles. The van der Waals surface area contributed by atoms with Crippen LogP contribution in [0.15, 0.2) is 24.5 Å². The van der Waals surface area contributed by atoms with Gasteiger partial charge in [0.25, 0.3) is 0 Å². The molecule has 4 rings (SSSR count). The van der Waals surface area contributed by atoms with Crippen LogP contribution in [0.1, 0.15) is 19.3 Å². The Bertz CT molecular complexity index is 1050. The number of amides is 2. The fourth-order valence-corrected chi connectivity index (χ4v) is 4.79. The lowest BCUT2D eigenvalue weighted by Gasteiger charge is -2.46. The first kappa shape index (κ1) is 23.0. The number of nitrogens with zero attached hydrogens (tertiary/aromatic N) is 4. The van der Waals surface area contributed by atoms with Gasteiger partial charge in [-0.1, -0.05) is 11.6 Å². The first-order valence-corrected chi connectivity index (χ1v) is 11.0. The summed E-state index contributed by atoms with van der Waals surface area (Å²) in [6.07, 6.45) is 2.67. The minimum atomic E-state index is -0.749. The van der Waals surface area contributed by atoms with Crippen LogP contribution in [0.25, 0.3) is 0 Å². The van der Waals surface area contributed by atoms with E-state index in [-0.39, 0.29) is 29.1 Å². The Kier molecular flexibility index (Phi) is 6.50. The fraction of sp³-hybridized carbons (Fsp3) is 0.429. The van der Waals surface area contributed by atoms with Crippen molar-refractivity contribution in [1.29, 1.82) is 0 Å². The van der Waals surface area contributed by atoms with Crippen LogP contribution < -0.4 is 21.7 Å². The van der Waals surface area contributed by atoms with Crippen molar-refractivity contribution >= 4 is 40.7 Å². The molecule has 33 heavy (non-hydrogen) atoms. The Morgan fingerprint density at radius 1 is 1.18 bits per heavy atom. The van der Waals surface area contributed by atoms with Gasteiger partial charge in [0.15, 0.2) is 11.6 Å². The van der Waals surface area contributed by atoms with Gasteiger partial charge in [-0.15, -0.1) is 0 Å². The zero-order valence-corrected chi connectivity index (χ0v) is 18.4. The Labute approximate surface area is 194 Å². The monoisotopic (exact) mass is 479 g/mol. The van der Waals surface area contributed by atoms with Gasteiger partial charge in [0.2, 0.25) is 17.6 Å². The summed E-state index contributed by atoms with van der Waals surface area (Å²) < 4.78 is 28.3. The number of likely N-dealkylation sites (tertiary alicyclic amines) is 1. The van der Waals surface area contributed by atoms with Gasteiger partial charge < -0.3 is 26.6 Å². The molecule has 1 aromatic heterocycles. The van der Waals surface area contributed by atoms with E-state index in [4.69, 9.17) is 23.1 Å². The van der Waals surface area contributed by atoms with E-state index >= 15 is 0 Å². The number of carbonyl (C=O) groups is 2. The van der Waals surface area contributed by atoms with Crippen LogP contribution in [0.3, 0.4) is 0 Å². The van der Waals surface area contributed by atoms with Gasteiger partial charge in [-0.3, -0.25) is 9.59 Å². The second-order valence-corrected chi connectivity index (χ2v) is 8.67. The average molecular weight is 480 g/mol. The molecule has 5 N–H and O–H groups in total. The molecule has 2 aromatic rings. The Morgan fingerprint density at radius 2 is 1.97 bits per heavy atom. The van der Waals surface area contributed by atoms with E-state index in [1.165, 1.54) is 24.5 Å². The summed E-state index contributed by atoms with van der Waals surface area (Å²) in [5, 5.41) is 3.25. The minimum absolute atomic E-state index is 0.0176. The molecule has 3 heterocycles. The standard InChI is InChI=1S/C21H24ClF2N7O2/c22-11-6-12(23)8-13(7-11)29-15-2-1-4-31(21(15)33)16-9-30(5-3-14(16)19(26)32)20-17(24)18(25)27-10-28-20/h6-8,10,14-16,29H,1-5,9H2,(H2,26,32)(H2,25,27,28). The number of nitrogen functional groups attached to an aromatic ring is 1. The summed E-state index contributed by atoms with van der Waals surface area (Å²) in [6, 6.07) is 2.75. The third-order valence-electron chi connectivity index (χ3n) is 6.12. The van der Waals surface area contributed by atoms with Crippen molar-refractivity contribution in [3.63, 3.8) is 0 Å². The molecule has 0 radical (unpaired) electrons. The molecule has 12 heteroatoms. The van der Waals surface area contributed by atoms with Gasteiger partial charge in [0.1, 0.15) is 18.2 Å². The average Bonchev–Trinajstić information content (AvgIpc) is 2.76. The number of piperidine rings is 2. The van der Waals surface area contributed by atoms with Crippen molar-refractivity contribution in [2.75, 3.05) is 35.6 Å². The maximum Gasteiger partial charge on any atom is 0.245 e. The lowest BCUT2D eigenvalue weighted by atomic mass is 9.87. The minimum Gasteiger partial charge on any atom is -0.381 e. The highest BCUT2D eigenvalue weighted by Gasteiger charge is 2.42. The smallest absolute Gasteiger partial charge is 0.245 e. The van der Waals surface area contributed by atoms with E-state index in [0.29, 0.717) is 38.0 Å². The second kappa shape index (κ2) is 9.34. The van der Waals surface area contributed by atoms with E-state index in [0.717, 1.165) is 0 Å². The number of halogens is 3. The molecule has 3 unspecified atom stereocenters.